The molecule has 18 heavy (non-hydrogen) atoms. The third-order valence-electron chi connectivity index (χ3n) is 2.70. The fourth-order valence-electron chi connectivity index (χ4n) is 1.95. The Kier molecular flexibility index (Phi) is 3.82. The highest BCUT2D eigenvalue weighted by molar-refractivity contribution is 5.95. The maximum Gasteiger partial charge on any atom is 0.153 e. The summed E-state index contributed by atoms with van der Waals surface area (Å²) in [6, 6.07) is 9.52. The zero-order chi connectivity index (χ0) is 13.0. The van der Waals surface area contributed by atoms with E-state index in [4.69, 9.17) is 9.47 Å². The SMILES string of the molecule is CCOc1cc2cccc(OCC)c2cc1C=O. The Morgan fingerprint density at radius 2 is 1.78 bits per heavy atom. The summed E-state index contributed by atoms with van der Waals surface area (Å²) in [5.74, 6) is 1.41. The molecule has 0 amide bonds. The lowest BCUT2D eigenvalue weighted by atomic mass is 10.1. The molecular weight excluding hydrogens is 228 g/mol. The minimum atomic E-state index is 0.539. The predicted octanol–water partition coefficient (Wildman–Crippen LogP) is 3.45. The monoisotopic (exact) mass is 244 g/mol. The van der Waals surface area contributed by atoms with E-state index in [1.807, 2.05) is 44.2 Å². The second-order valence-corrected chi connectivity index (χ2v) is 3.85. The lowest BCUT2D eigenvalue weighted by Gasteiger charge is -2.11. The van der Waals surface area contributed by atoms with E-state index in [9.17, 15) is 4.79 Å². The van der Waals surface area contributed by atoms with Gasteiger partial charge < -0.3 is 9.47 Å². The number of hydrogen-bond acceptors (Lipinski definition) is 3. The first-order valence-electron chi connectivity index (χ1n) is 6.07. The average molecular weight is 244 g/mol. The fraction of sp³-hybridized carbons (Fsp3) is 0.267. The van der Waals surface area contributed by atoms with Crippen LogP contribution in [-0.4, -0.2) is 19.5 Å². The highest BCUT2D eigenvalue weighted by Gasteiger charge is 2.08. The van der Waals surface area contributed by atoms with Gasteiger partial charge in [0.25, 0.3) is 0 Å². The first kappa shape index (κ1) is 12.4. The highest BCUT2D eigenvalue weighted by Crippen LogP contribution is 2.31. The maximum absolute atomic E-state index is 11.1. The Labute approximate surface area is 106 Å². The normalized spacial score (nSPS) is 10.3. The van der Waals surface area contributed by atoms with Crippen molar-refractivity contribution in [2.24, 2.45) is 0 Å². The van der Waals surface area contributed by atoms with Crippen molar-refractivity contribution in [3.63, 3.8) is 0 Å². The van der Waals surface area contributed by atoms with E-state index in [0.29, 0.717) is 24.5 Å². The first-order valence-corrected chi connectivity index (χ1v) is 6.07. The zero-order valence-corrected chi connectivity index (χ0v) is 10.6. The summed E-state index contributed by atoms with van der Waals surface area (Å²) in [5, 5.41) is 1.94. The van der Waals surface area contributed by atoms with Crippen molar-refractivity contribution in [3.8, 4) is 11.5 Å². The van der Waals surface area contributed by atoms with E-state index >= 15 is 0 Å². The van der Waals surface area contributed by atoms with Gasteiger partial charge in [-0.25, -0.2) is 0 Å². The van der Waals surface area contributed by atoms with Crippen molar-refractivity contribution in [3.05, 3.63) is 35.9 Å². The van der Waals surface area contributed by atoms with Gasteiger partial charge >= 0.3 is 0 Å². The summed E-state index contributed by atoms with van der Waals surface area (Å²) < 4.78 is 11.0. The van der Waals surface area contributed by atoms with Gasteiger partial charge in [-0.1, -0.05) is 12.1 Å². The van der Waals surface area contributed by atoms with E-state index in [1.165, 1.54) is 0 Å². The van der Waals surface area contributed by atoms with Crippen LogP contribution in [-0.2, 0) is 0 Å². The van der Waals surface area contributed by atoms with Crippen LogP contribution >= 0.6 is 0 Å². The Hall–Kier alpha value is -2.03. The van der Waals surface area contributed by atoms with Gasteiger partial charge in [-0.3, -0.25) is 4.79 Å². The van der Waals surface area contributed by atoms with Gasteiger partial charge in [-0.15, -0.1) is 0 Å². The van der Waals surface area contributed by atoms with Crippen LogP contribution in [0.1, 0.15) is 24.2 Å². The van der Waals surface area contributed by atoms with E-state index in [-0.39, 0.29) is 0 Å². The Balaban J connectivity index is 2.62. The third-order valence-corrected chi connectivity index (χ3v) is 2.70. The number of rotatable bonds is 5. The molecule has 2 rings (SSSR count). The molecule has 3 nitrogen and oxygen atoms in total. The van der Waals surface area contributed by atoms with Crippen molar-refractivity contribution in [2.75, 3.05) is 13.2 Å². The topological polar surface area (TPSA) is 35.5 Å². The lowest BCUT2D eigenvalue weighted by molar-refractivity contribution is 0.112. The van der Waals surface area contributed by atoms with Crippen molar-refractivity contribution in [1.82, 2.24) is 0 Å². The second-order valence-electron chi connectivity index (χ2n) is 3.85. The Morgan fingerprint density at radius 1 is 1.06 bits per heavy atom. The molecule has 0 bridgehead atoms. The summed E-state index contributed by atoms with van der Waals surface area (Å²) in [5.41, 5.74) is 0.552. The summed E-state index contributed by atoms with van der Waals surface area (Å²) in [6.07, 6.45) is 0.813. The van der Waals surface area contributed by atoms with Crippen LogP contribution in [0, 0.1) is 0 Å². The number of aldehydes is 1. The van der Waals surface area contributed by atoms with Gasteiger partial charge in [-0.2, -0.15) is 0 Å². The summed E-state index contributed by atoms with van der Waals surface area (Å²) in [4.78, 5) is 11.1. The van der Waals surface area contributed by atoms with Gasteiger partial charge in [0, 0.05) is 5.39 Å². The summed E-state index contributed by atoms with van der Waals surface area (Å²) in [7, 11) is 0. The molecule has 0 fully saturated rings. The van der Waals surface area contributed by atoms with E-state index in [0.717, 1.165) is 22.8 Å². The molecular formula is C15H16O3. The van der Waals surface area contributed by atoms with Gasteiger partial charge in [-0.05, 0) is 37.4 Å². The Morgan fingerprint density at radius 3 is 2.44 bits per heavy atom. The standard InChI is InChI=1S/C15H16O3/c1-3-17-14-7-5-6-11-9-15(18-4-2)12(10-16)8-13(11)14/h5-10H,3-4H2,1-2H3. The third kappa shape index (κ3) is 2.30. The predicted molar refractivity (Wildman–Crippen MR) is 71.7 cm³/mol. The quantitative estimate of drug-likeness (QED) is 0.756. The number of carbonyl (C=O) groups excluding carboxylic acids is 1. The fourth-order valence-corrected chi connectivity index (χ4v) is 1.95. The molecule has 0 atom stereocenters. The van der Waals surface area contributed by atoms with Crippen molar-refractivity contribution < 1.29 is 14.3 Å². The Bertz CT molecular complexity index is 561. The largest absolute Gasteiger partial charge is 0.493 e. The molecule has 2 aromatic rings. The summed E-state index contributed by atoms with van der Waals surface area (Å²) >= 11 is 0. The molecule has 0 aliphatic carbocycles. The van der Waals surface area contributed by atoms with Crippen LogP contribution in [0.5, 0.6) is 11.5 Å². The van der Waals surface area contributed by atoms with Crippen LogP contribution < -0.4 is 9.47 Å². The molecule has 0 heterocycles. The minimum absolute atomic E-state index is 0.539. The van der Waals surface area contributed by atoms with Crippen molar-refractivity contribution in [2.45, 2.75) is 13.8 Å². The molecule has 0 spiro atoms. The van der Waals surface area contributed by atoms with Gasteiger partial charge in [0.05, 0.1) is 18.8 Å². The van der Waals surface area contributed by atoms with Crippen LogP contribution in [0.3, 0.4) is 0 Å². The average Bonchev–Trinajstić information content (AvgIpc) is 2.39. The molecule has 0 radical (unpaired) electrons. The molecule has 94 valence electrons. The van der Waals surface area contributed by atoms with Crippen LogP contribution in [0.25, 0.3) is 10.8 Å². The number of ether oxygens (including phenoxy) is 2. The molecule has 0 aliphatic rings. The van der Waals surface area contributed by atoms with Crippen LogP contribution in [0.15, 0.2) is 30.3 Å². The molecule has 0 saturated carbocycles. The minimum Gasteiger partial charge on any atom is -0.493 e. The van der Waals surface area contributed by atoms with E-state index < -0.39 is 0 Å². The summed E-state index contributed by atoms with van der Waals surface area (Å²) in [6.45, 7) is 4.98. The smallest absolute Gasteiger partial charge is 0.153 e. The lowest BCUT2D eigenvalue weighted by Crippen LogP contribution is -1.97. The van der Waals surface area contributed by atoms with E-state index in [2.05, 4.69) is 0 Å². The number of hydrogen-bond donors (Lipinski definition) is 0. The molecule has 0 aliphatic heterocycles. The van der Waals surface area contributed by atoms with Crippen LogP contribution in [0.4, 0.5) is 0 Å². The highest BCUT2D eigenvalue weighted by atomic mass is 16.5. The first-order chi connectivity index (χ1) is 8.80. The van der Waals surface area contributed by atoms with Crippen molar-refractivity contribution >= 4 is 17.1 Å². The number of fused-ring (bicyclic) bond motifs is 1. The van der Waals surface area contributed by atoms with Crippen LogP contribution in [0.2, 0.25) is 0 Å². The molecule has 2 aromatic carbocycles. The molecule has 0 saturated heterocycles. The van der Waals surface area contributed by atoms with Gasteiger partial charge in [0.1, 0.15) is 11.5 Å². The molecule has 0 unspecified atom stereocenters. The van der Waals surface area contributed by atoms with Crippen molar-refractivity contribution in [1.29, 1.82) is 0 Å². The second kappa shape index (κ2) is 5.54. The van der Waals surface area contributed by atoms with Gasteiger partial charge in [0.15, 0.2) is 6.29 Å². The molecule has 3 heteroatoms. The number of carbonyl (C=O) groups is 1. The zero-order valence-electron chi connectivity index (χ0n) is 10.6. The number of benzene rings is 2. The van der Waals surface area contributed by atoms with Gasteiger partial charge in [0.2, 0.25) is 0 Å². The molecule has 0 aromatic heterocycles. The van der Waals surface area contributed by atoms with E-state index in [1.54, 1.807) is 0 Å². The maximum atomic E-state index is 11.1. The molecule has 0 N–H and O–H groups in total.